The fourth-order valence-electron chi connectivity index (χ4n) is 3.95. The van der Waals surface area contributed by atoms with Gasteiger partial charge in [0.1, 0.15) is 11.5 Å². The first-order valence-electron chi connectivity index (χ1n) is 10.1. The molecule has 1 N–H and O–H groups in total. The van der Waals surface area contributed by atoms with E-state index >= 15 is 0 Å². The van der Waals surface area contributed by atoms with E-state index in [1.807, 2.05) is 18.2 Å². The summed E-state index contributed by atoms with van der Waals surface area (Å²) in [5, 5.41) is 10.4. The zero-order chi connectivity index (χ0) is 19.1. The van der Waals surface area contributed by atoms with Crippen molar-refractivity contribution in [3.8, 4) is 5.75 Å². The Balaban J connectivity index is 1.64. The Kier molecular flexibility index (Phi) is 7.11. The highest BCUT2D eigenvalue weighted by molar-refractivity contribution is 5.31. The molecule has 0 radical (unpaired) electrons. The third kappa shape index (κ3) is 5.46. The summed E-state index contributed by atoms with van der Waals surface area (Å²) in [6.07, 6.45) is 6.27. The standard InChI is InChI=1S/C23H30O4/c1-2-19(14-18-11-7-13-26-16-18)22-15-21(24)20(23(25)27-22)12-6-10-17-8-4-3-5-9-17/h3-5,8-9,15,18-19,24H,2,6-7,10-14,16H2,1H3. The first-order chi connectivity index (χ1) is 13.2. The van der Waals surface area contributed by atoms with Gasteiger partial charge in [0.15, 0.2) is 0 Å². The highest BCUT2D eigenvalue weighted by Gasteiger charge is 2.23. The van der Waals surface area contributed by atoms with Crippen LogP contribution in [0.4, 0.5) is 0 Å². The van der Waals surface area contributed by atoms with Crippen LogP contribution in [0.3, 0.4) is 0 Å². The first-order valence-corrected chi connectivity index (χ1v) is 10.1. The van der Waals surface area contributed by atoms with Gasteiger partial charge in [0.25, 0.3) is 0 Å². The van der Waals surface area contributed by atoms with Gasteiger partial charge in [-0.2, -0.15) is 0 Å². The zero-order valence-electron chi connectivity index (χ0n) is 16.2. The summed E-state index contributed by atoms with van der Waals surface area (Å²) < 4.78 is 11.2. The van der Waals surface area contributed by atoms with Crippen molar-refractivity contribution in [2.75, 3.05) is 13.2 Å². The Morgan fingerprint density at radius 2 is 2.04 bits per heavy atom. The molecule has 1 aromatic carbocycles. The van der Waals surface area contributed by atoms with Gasteiger partial charge in [0.2, 0.25) is 0 Å². The summed E-state index contributed by atoms with van der Waals surface area (Å²) >= 11 is 0. The number of hydrogen-bond donors (Lipinski definition) is 1. The molecule has 4 nitrogen and oxygen atoms in total. The molecule has 1 aromatic heterocycles. The molecule has 0 spiro atoms. The molecule has 2 unspecified atom stereocenters. The molecule has 27 heavy (non-hydrogen) atoms. The third-order valence-electron chi connectivity index (χ3n) is 5.55. The van der Waals surface area contributed by atoms with Crippen LogP contribution in [0.5, 0.6) is 5.75 Å². The molecule has 1 fully saturated rings. The molecule has 1 aliphatic rings. The molecular weight excluding hydrogens is 340 g/mol. The molecule has 4 heteroatoms. The number of hydrogen-bond acceptors (Lipinski definition) is 4. The van der Waals surface area contributed by atoms with Gasteiger partial charge in [-0.25, -0.2) is 4.79 Å². The van der Waals surface area contributed by atoms with E-state index < -0.39 is 5.63 Å². The van der Waals surface area contributed by atoms with E-state index in [0.717, 1.165) is 51.7 Å². The number of aryl methyl sites for hydroxylation is 1. The van der Waals surface area contributed by atoms with Gasteiger partial charge in [-0.15, -0.1) is 0 Å². The van der Waals surface area contributed by atoms with Gasteiger partial charge in [-0.1, -0.05) is 37.3 Å². The van der Waals surface area contributed by atoms with Crippen LogP contribution >= 0.6 is 0 Å². The molecule has 146 valence electrons. The summed E-state index contributed by atoms with van der Waals surface area (Å²) in [6, 6.07) is 11.8. The van der Waals surface area contributed by atoms with Crippen molar-refractivity contribution < 1.29 is 14.3 Å². The van der Waals surface area contributed by atoms with E-state index in [0.29, 0.717) is 23.7 Å². The Hall–Kier alpha value is -2.07. The number of rotatable bonds is 8. The van der Waals surface area contributed by atoms with E-state index in [1.54, 1.807) is 6.07 Å². The minimum atomic E-state index is -0.392. The summed E-state index contributed by atoms with van der Waals surface area (Å²) in [5.41, 5.74) is 1.24. The van der Waals surface area contributed by atoms with E-state index in [9.17, 15) is 9.90 Å². The molecule has 0 amide bonds. The van der Waals surface area contributed by atoms with Gasteiger partial charge in [-0.05, 0) is 56.4 Å². The summed E-state index contributed by atoms with van der Waals surface area (Å²) in [5.74, 6) is 1.33. The van der Waals surface area contributed by atoms with Crippen molar-refractivity contribution in [2.24, 2.45) is 5.92 Å². The van der Waals surface area contributed by atoms with Crippen LogP contribution in [-0.4, -0.2) is 18.3 Å². The summed E-state index contributed by atoms with van der Waals surface area (Å²) in [7, 11) is 0. The Morgan fingerprint density at radius 3 is 2.70 bits per heavy atom. The number of benzene rings is 1. The lowest BCUT2D eigenvalue weighted by atomic mass is 9.87. The second-order valence-electron chi connectivity index (χ2n) is 7.56. The van der Waals surface area contributed by atoms with Gasteiger partial charge in [0.05, 0.1) is 5.56 Å². The molecule has 3 rings (SSSR count). The first kappa shape index (κ1) is 19.7. The lowest BCUT2D eigenvalue weighted by Gasteiger charge is -2.25. The summed E-state index contributed by atoms with van der Waals surface area (Å²) in [6.45, 7) is 3.73. The van der Waals surface area contributed by atoms with E-state index in [1.165, 1.54) is 5.56 Å². The van der Waals surface area contributed by atoms with Crippen molar-refractivity contribution in [3.05, 3.63) is 63.7 Å². The van der Waals surface area contributed by atoms with Crippen LogP contribution in [0, 0.1) is 5.92 Å². The van der Waals surface area contributed by atoms with Crippen molar-refractivity contribution in [3.63, 3.8) is 0 Å². The lowest BCUT2D eigenvalue weighted by molar-refractivity contribution is 0.0477. The maximum atomic E-state index is 12.5. The smallest absolute Gasteiger partial charge is 0.342 e. The molecule has 2 atom stereocenters. The fraction of sp³-hybridized carbons (Fsp3) is 0.522. The van der Waals surface area contributed by atoms with E-state index in [2.05, 4.69) is 19.1 Å². The summed E-state index contributed by atoms with van der Waals surface area (Å²) in [4.78, 5) is 12.5. The Morgan fingerprint density at radius 1 is 1.22 bits per heavy atom. The quantitative estimate of drug-likeness (QED) is 0.723. The van der Waals surface area contributed by atoms with Gasteiger partial charge >= 0.3 is 5.63 Å². The van der Waals surface area contributed by atoms with E-state index in [4.69, 9.17) is 9.15 Å². The maximum Gasteiger partial charge on any atom is 0.342 e. The van der Waals surface area contributed by atoms with Crippen molar-refractivity contribution in [1.29, 1.82) is 0 Å². The predicted octanol–water partition coefficient (Wildman–Crippen LogP) is 4.83. The molecule has 0 aliphatic carbocycles. The molecule has 0 bridgehead atoms. The van der Waals surface area contributed by atoms with Gasteiger partial charge < -0.3 is 14.3 Å². The highest BCUT2D eigenvalue weighted by Crippen LogP contribution is 2.32. The van der Waals surface area contributed by atoms with Gasteiger partial charge in [0, 0.05) is 25.2 Å². The molecule has 1 saturated heterocycles. The van der Waals surface area contributed by atoms with Crippen LogP contribution < -0.4 is 5.63 Å². The Bertz CT molecular complexity index is 760. The molecule has 0 saturated carbocycles. The van der Waals surface area contributed by atoms with Crippen LogP contribution in [0.25, 0.3) is 0 Å². The van der Waals surface area contributed by atoms with Gasteiger partial charge in [-0.3, -0.25) is 0 Å². The zero-order valence-corrected chi connectivity index (χ0v) is 16.2. The second kappa shape index (κ2) is 9.75. The van der Waals surface area contributed by atoms with Crippen LogP contribution in [0.15, 0.2) is 45.6 Å². The largest absolute Gasteiger partial charge is 0.507 e. The van der Waals surface area contributed by atoms with Crippen LogP contribution in [0.2, 0.25) is 0 Å². The monoisotopic (exact) mass is 370 g/mol. The maximum absolute atomic E-state index is 12.5. The number of ether oxygens (including phenoxy) is 1. The fourth-order valence-corrected chi connectivity index (χ4v) is 3.95. The normalized spacial score (nSPS) is 18.3. The molecule has 1 aliphatic heterocycles. The second-order valence-corrected chi connectivity index (χ2v) is 7.56. The topological polar surface area (TPSA) is 59.7 Å². The predicted molar refractivity (Wildman–Crippen MR) is 106 cm³/mol. The minimum Gasteiger partial charge on any atom is -0.507 e. The lowest BCUT2D eigenvalue weighted by Crippen LogP contribution is -2.20. The van der Waals surface area contributed by atoms with Crippen molar-refractivity contribution in [1.82, 2.24) is 0 Å². The third-order valence-corrected chi connectivity index (χ3v) is 5.55. The Labute approximate surface area is 161 Å². The average molecular weight is 370 g/mol. The van der Waals surface area contributed by atoms with Crippen molar-refractivity contribution >= 4 is 0 Å². The van der Waals surface area contributed by atoms with Crippen LogP contribution in [-0.2, 0) is 17.6 Å². The average Bonchev–Trinajstić information content (AvgIpc) is 2.69. The highest BCUT2D eigenvalue weighted by atomic mass is 16.5. The molecule has 2 heterocycles. The number of aromatic hydroxyl groups is 1. The molecule has 2 aromatic rings. The minimum absolute atomic E-state index is 0.0765. The van der Waals surface area contributed by atoms with E-state index in [-0.39, 0.29) is 11.7 Å². The van der Waals surface area contributed by atoms with Crippen LogP contribution in [0.1, 0.15) is 61.8 Å². The SMILES string of the molecule is CCC(CC1CCCOC1)c1cc(O)c(CCCc2ccccc2)c(=O)o1. The molecular formula is C23H30O4. The van der Waals surface area contributed by atoms with Crippen molar-refractivity contribution in [2.45, 2.75) is 57.8 Å².